The topological polar surface area (TPSA) is 64.7 Å². The van der Waals surface area contributed by atoms with E-state index in [0.717, 1.165) is 10.4 Å². The molecule has 0 aliphatic rings. The van der Waals surface area contributed by atoms with Crippen molar-refractivity contribution in [1.29, 1.82) is 0 Å². The molecular formula is C21H17FN4S. The Morgan fingerprint density at radius 2 is 1.70 bits per heavy atom. The molecule has 2 aromatic carbocycles. The summed E-state index contributed by atoms with van der Waals surface area (Å²) in [4.78, 5) is 14.2. The van der Waals surface area contributed by atoms with E-state index >= 15 is 0 Å². The molecule has 0 radical (unpaired) electrons. The van der Waals surface area contributed by atoms with Crippen LogP contribution in [0.15, 0.2) is 72.4 Å². The van der Waals surface area contributed by atoms with E-state index in [2.05, 4.69) is 9.97 Å². The Morgan fingerprint density at radius 1 is 0.963 bits per heavy atom. The number of halogens is 1. The van der Waals surface area contributed by atoms with Crippen LogP contribution in [-0.4, -0.2) is 15.0 Å². The molecule has 0 aliphatic heterocycles. The third kappa shape index (κ3) is 3.25. The van der Waals surface area contributed by atoms with Crippen molar-refractivity contribution in [3.05, 3.63) is 89.6 Å². The Balaban J connectivity index is 1.79. The van der Waals surface area contributed by atoms with Crippen LogP contribution in [0.4, 0.5) is 4.39 Å². The standard InChI is InChI=1S/C21H17FN4S/c1-21(23,14-7-3-2-4-8-14)20-24-12-11-17(26-20)19-18(25-13-27-19)15-9-5-6-10-16(15)22/h2-13H,23H2,1H3/t21-/m0/s1. The molecule has 0 saturated heterocycles. The van der Waals surface area contributed by atoms with E-state index in [1.807, 2.05) is 37.3 Å². The minimum atomic E-state index is -0.847. The monoisotopic (exact) mass is 376 g/mol. The molecule has 2 aromatic heterocycles. The summed E-state index contributed by atoms with van der Waals surface area (Å²) in [6.07, 6.45) is 1.68. The molecule has 2 heterocycles. The fourth-order valence-corrected chi connectivity index (χ4v) is 3.69. The van der Waals surface area contributed by atoms with Gasteiger partial charge in [0.15, 0.2) is 5.82 Å². The Labute approximate surface area is 160 Å². The molecule has 4 aromatic rings. The van der Waals surface area contributed by atoms with Crippen molar-refractivity contribution in [3.63, 3.8) is 0 Å². The van der Waals surface area contributed by atoms with Crippen molar-refractivity contribution >= 4 is 11.3 Å². The molecule has 2 N–H and O–H groups in total. The number of aromatic nitrogens is 3. The average molecular weight is 376 g/mol. The first-order chi connectivity index (χ1) is 13.1. The van der Waals surface area contributed by atoms with Crippen molar-refractivity contribution in [2.45, 2.75) is 12.5 Å². The van der Waals surface area contributed by atoms with Crippen LogP contribution in [0.1, 0.15) is 18.3 Å². The molecular weight excluding hydrogens is 359 g/mol. The molecule has 4 nitrogen and oxygen atoms in total. The number of thiazole rings is 1. The van der Waals surface area contributed by atoms with Gasteiger partial charge in [-0.3, -0.25) is 0 Å². The van der Waals surface area contributed by atoms with E-state index in [4.69, 9.17) is 10.7 Å². The molecule has 0 aliphatic carbocycles. The van der Waals surface area contributed by atoms with Crippen LogP contribution in [0, 0.1) is 5.82 Å². The van der Waals surface area contributed by atoms with E-state index < -0.39 is 5.54 Å². The summed E-state index contributed by atoms with van der Waals surface area (Å²) in [7, 11) is 0. The zero-order valence-electron chi connectivity index (χ0n) is 14.6. The summed E-state index contributed by atoms with van der Waals surface area (Å²) in [6, 6.07) is 18.1. The molecule has 6 heteroatoms. The van der Waals surface area contributed by atoms with Gasteiger partial charge in [-0.2, -0.15) is 0 Å². The van der Waals surface area contributed by atoms with Crippen LogP contribution in [0.25, 0.3) is 21.8 Å². The predicted molar refractivity (Wildman–Crippen MR) is 106 cm³/mol. The largest absolute Gasteiger partial charge is 0.315 e. The predicted octanol–water partition coefficient (Wildman–Crippen LogP) is 4.63. The molecule has 0 fully saturated rings. The van der Waals surface area contributed by atoms with Crippen LogP contribution >= 0.6 is 11.3 Å². The fraction of sp³-hybridized carbons (Fsp3) is 0.0952. The second-order valence-corrected chi connectivity index (χ2v) is 7.20. The van der Waals surface area contributed by atoms with Crippen LogP contribution in [0.5, 0.6) is 0 Å². The summed E-state index contributed by atoms with van der Waals surface area (Å²) in [5, 5.41) is 0. The van der Waals surface area contributed by atoms with E-state index in [0.29, 0.717) is 22.8 Å². The molecule has 134 valence electrons. The molecule has 0 unspecified atom stereocenters. The minimum Gasteiger partial charge on any atom is -0.315 e. The van der Waals surface area contributed by atoms with Gasteiger partial charge in [0.2, 0.25) is 0 Å². The lowest BCUT2D eigenvalue weighted by atomic mass is 9.92. The number of nitrogens with two attached hydrogens (primary N) is 1. The van der Waals surface area contributed by atoms with Crippen LogP contribution < -0.4 is 5.73 Å². The lowest BCUT2D eigenvalue weighted by Gasteiger charge is -2.23. The van der Waals surface area contributed by atoms with E-state index in [1.165, 1.54) is 17.4 Å². The smallest absolute Gasteiger partial charge is 0.153 e. The number of benzene rings is 2. The number of hydrogen-bond donors (Lipinski definition) is 1. The average Bonchev–Trinajstić information content (AvgIpc) is 3.19. The van der Waals surface area contributed by atoms with Crippen LogP contribution in [0.3, 0.4) is 0 Å². The molecule has 0 spiro atoms. The normalized spacial score (nSPS) is 13.3. The van der Waals surface area contributed by atoms with Gasteiger partial charge in [0.1, 0.15) is 5.82 Å². The Kier molecular flexibility index (Phi) is 4.51. The van der Waals surface area contributed by atoms with Crippen molar-refractivity contribution in [3.8, 4) is 21.8 Å². The van der Waals surface area contributed by atoms with Gasteiger partial charge in [-0.15, -0.1) is 11.3 Å². The molecule has 1 atom stereocenters. The molecule has 0 bridgehead atoms. The highest BCUT2D eigenvalue weighted by molar-refractivity contribution is 7.13. The number of nitrogens with zero attached hydrogens (tertiary/aromatic N) is 3. The van der Waals surface area contributed by atoms with E-state index in [1.54, 1.807) is 36.0 Å². The molecule has 4 rings (SSSR count). The van der Waals surface area contributed by atoms with Gasteiger partial charge in [0.05, 0.1) is 27.3 Å². The fourth-order valence-electron chi connectivity index (χ4n) is 2.92. The zero-order chi connectivity index (χ0) is 18.9. The summed E-state index contributed by atoms with van der Waals surface area (Å²) < 4.78 is 14.3. The van der Waals surface area contributed by atoms with E-state index in [9.17, 15) is 4.39 Å². The lowest BCUT2D eigenvalue weighted by Crippen LogP contribution is -2.36. The van der Waals surface area contributed by atoms with Crippen molar-refractivity contribution in [2.75, 3.05) is 0 Å². The highest BCUT2D eigenvalue weighted by atomic mass is 32.1. The van der Waals surface area contributed by atoms with Gasteiger partial charge in [0.25, 0.3) is 0 Å². The summed E-state index contributed by atoms with van der Waals surface area (Å²) >= 11 is 1.41. The third-order valence-electron chi connectivity index (χ3n) is 4.42. The zero-order valence-corrected chi connectivity index (χ0v) is 15.4. The third-order valence-corrected chi connectivity index (χ3v) is 5.27. The van der Waals surface area contributed by atoms with Crippen LogP contribution in [-0.2, 0) is 5.54 Å². The first-order valence-corrected chi connectivity index (χ1v) is 9.32. The van der Waals surface area contributed by atoms with Crippen molar-refractivity contribution in [1.82, 2.24) is 15.0 Å². The van der Waals surface area contributed by atoms with Gasteiger partial charge in [0, 0.05) is 11.8 Å². The van der Waals surface area contributed by atoms with Gasteiger partial charge in [-0.1, -0.05) is 42.5 Å². The summed E-state index contributed by atoms with van der Waals surface area (Å²) in [5.41, 5.74) is 10.0. The number of hydrogen-bond acceptors (Lipinski definition) is 5. The molecule has 27 heavy (non-hydrogen) atoms. The van der Waals surface area contributed by atoms with Crippen LogP contribution in [0.2, 0.25) is 0 Å². The van der Waals surface area contributed by atoms with Gasteiger partial charge in [-0.25, -0.2) is 19.3 Å². The highest BCUT2D eigenvalue weighted by Gasteiger charge is 2.27. The Bertz CT molecular complexity index is 1080. The van der Waals surface area contributed by atoms with Crippen molar-refractivity contribution < 1.29 is 4.39 Å². The summed E-state index contributed by atoms with van der Waals surface area (Å²) in [6.45, 7) is 1.88. The minimum absolute atomic E-state index is 0.313. The Hall–Kier alpha value is -2.96. The highest BCUT2D eigenvalue weighted by Crippen LogP contribution is 2.35. The second kappa shape index (κ2) is 6.98. The van der Waals surface area contributed by atoms with Gasteiger partial charge < -0.3 is 5.73 Å². The quantitative estimate of drug-likeness (QED) is 0.564. The van der Waals surface area contributed by atoms with Crippen molar-refractivity contribution in [2.24, 2.45) is 5.73 Å². The first-order valence-electron chi connectivity index (χ1n) is 8.44. The molecule has 0 amide bonds. The maximum Gasteiger partial charge on any atom is 0.153 e. The summed E-state index contributed by atoms with van der Waals surface area (Å²) in [5.74, 6) is 0.186. The lowest BCUT2D eigenvalue weighted by molar-refractivity contribution is 0.558. The van der Waals surface area contributed by atoms with Gasteiger partial charge in [-0.05, 0) is 30.7 Å². The van der Waals surface area contributed by atoms with Gasteiger partial charge >= 0.3 is 0 Å². The maximum atomic E-state index is 14.3. The Morgan fingerprint density at radius 3 is 2.48 bits per heavy atom. The number of rotatable bonds is 4. The molecule has 0 saturated carbocycles. The maximum absolute atomic E-state index is 14.3. The first kappa shape index (κ1) is 17.5. The second-order valence-electron chi connectivity index (χ2n) is 6.34. The van der Waals surface area contributed by atoms with E-state index in [-0.39, 0.29) is 5.82 Å². The SMILES string of the molecule is C[C@](N)(c1ccccc1)c1nccc(-c2scnc2-c2ccccc2F)n1.